The van der Waals surface area contributed by atoms with Crippen LogP contribution in [0.15, 0.2) is 243 Å². The predicted octanol–water partition coefficient (Wildman–Crippen LogP) is 15.8. The Balaban J connectivity index is 1.30. The Morgan fingerprint density at radius 1 is 0.195 bits per heavy atom. The van der Waals surface area contributed by atoms with Crippen molar-refractivity contribution in [1.29, 1.82) is 0 Å². The van der Waals surface area contributed by atoms with E-state index in [1.807, 2.05) is 31.0 Å². The van der Waals surface area contributed by atoms with E-state index in [4.69, 9.17) is 24.9 Å². The first-order chi connectivity index (χ1) is 38.3. The number of benzene rings is 7. The van der Waals surface area contributed by atoms with E-state index in [1.54, 1.807) is 0 Å². The molecule has 7 aromatic carbocycles. The first-order valence-electron chi connectivity index (χ1n) is 25.8. The second-order valence-electron chi connectivity index (χ2n) is 19.6. The van der Waals surface area contributed by atoms with Gasteiger partial charge in [0, 0.05) is 63.5 Å². The van der Waals surface area contributed by atoms with Crippen LogP contribution in [0.1, 0.15) is 0 Å². The van der Waals surface area contributed by atoms with Crippen LogP contribution in [-0.2, 0) is 0 Å². The third-order valence-electron chi connectivity index (χ3n) is 15.7. The average molecular weight is 985 g/mol. The zero-order valence-corrected chi connectivity index (χ0v) is 41.1. The third-order valence-corrected chi connectivity index (χ3v) is 15.7. The summed E-state index contributed by atoms with van der Waals surface area (Å²) in [6.45, 7) is 0. The van der Waals surface area contributed by atoms with Crippen LogP contribution in [0.3, 0.4) is 0 Å². The highest BCUT2D eigenvalue weighted by Crippen LogP contribution is 2.53. The molecule has 0 unspecified atom stereocenters. The van der Waals surface area contributed by atoms with Gasteiger partial charge in [-0.15, -0.1) is 0 Å². The molecule has 0 atom stereocenters. The van der Waals surface area contributed by atoms with E-state index >= 15 is 0 Å². The van der Waals surface area contributed by atoms with Gasteiger partial charge in [-0.1, -0.05) is 121 Å². The molecule has 0 spiro atoms. The van der Waals surface area contributed by atoms with Gasteiger partial charge in [-0.05, 0) is 96.6 Å². The SMILES string of the molecule is c1ccc(-c2c(-n3c4ccccc4c4ncccc43)c(-n3c4ccccc4c4ncccc43)c(-n3c4ccccc4c4ncccc43)c(-n3c4ccccc4c4ncccc43)c2-n2c3ccccc3c3ncccc32)cc1. The van der Waals surface area contributed by atoms with E-state index in [1.165, 1.54) is 0 Å². The van der Waals surface area contributed by atoms with E-state index in [0.717, 1.165) is 149 Å². The minimum atomic E-state index is 0.894. The molecular formula is C67H40N10. The fourth-order valence-electron chi connectivity index (χ4n) is 12.8. The van der Waals surface area contributed by atoms with E-state index < -0.39 is 0 Å². The molecule has 0 amide bonds. The van der Waals surface area contributed by atoms with Crippen LogP contribution in [0.5, 0.6) is 0 Å². The molecule has 0 aliphatic rings. The van der Waals surface area contributed by atoms with E-state index in [9.17, 15) is 0 Å². The van der Waals surface area contributed by atoms with Crippen molar-refractivity contribution in [2.24, 2.45) is 0 Å². The summed E-state index contributed by atoms with van der Waals surface area (Å²) in [6, 6.07) is 75.8. The molecule has 10 aromatic heterocycles. The first kappa shape index (κ1) is 41.7. The number of pyridine rings is 5. The molecule has 0 aliphatic heterocycles. The largest absolute Gasteiger partial charge is 0.305 e. The summed E-state index contributed by atoms with van der Waals surface area (Å²) in [4.78, 5) is 26.1. The highest BCUT2D eigenvalue weighted by Gasteiger charge is 2.37. The monoisotopic (exact) mass is 984 g/mol. The minimum Gasteiger partial charge on any atom is -0.305 e. The molecule has 0 aliphatic carbocycles. The van der Waals surface area contributed by atoms with Gasteiger partial charge < -0.3 is 22.8 Å². The molecule has 10 nitrogen and oxygen atoms in total. The van der Waals surface area contributed by atoms with Crippen molar-refractivity contribution >= 4 is 110 Å². The highest BCUT2D eigenvalue weighted by molar-refractivity contribution is 6.17. The molecule has 0 saturated carbocycles. The van der Waals surface area contributed by atoms with E-state index in [0.29, 0.717) is 0 Å². The Labute approximate surface area is 438 Å². The number of para-hydroxylation sites is 5. The molecular weight excluding hydrogens is 945 g/mol. The molecule has 0 N–H and O–H groups in total. The Morgan fingerprint density at radius 3 is 0.701 bits per heavy atom. The number of hydrogen-bond acceptors (Lipinski definition) is 5. The zero-order valence-electron chi connectivity index (χ0n) is 41.1. The summed E-state index contributed by atoms with van der Waals surface area (Å²) >= 11 is 0. The highest BCUT2D eigenvalue weighted by atomic mass is 15.2. The van der Waals surface area contributed by atoms with Crippen LogP contribution in [-0.4, -0.2) is 47.8 Å². The van der Waals surface area contributed by atoms with Gasteiger partial charge in [-0.25, -0.2) is 0 Å². The Kier molecular flexibility index (Phi) is 8.62. The molecule has 77 heavy (non-hydrogen) atoms. The average Bonchev–Trinajstić information content (AvgIpc) is 4.47. The van der Waals surface area contributed by atoms with Gasteiger partial charge in [0.05, 0.1) is 111 Å². The normalized spacial score (nSPS) is 12.2. The molecule has 17 aromatic rings. The van der Waals surface area contributed by atoms with Crippen molar-refractivity contribution in [3.63, 3.8) is 0 Å². The molecule has 0 radical (unpaired) electrons. The van der Waals surface area contributed by atoms with Crippen LogP contribution in [0.2, 0.25) is 0 Å². The number of hydrogen-bond donors (Lipinski definition) is 0. The quantitative estimate of drug-likeness (QED) is 0.166. The molecule has 0 fully saturated rings. The van der Waals surface area contributed by atoms with E-state index in [-0.39, 0.29) is 0 Å². The maximum absolute atomic E-state index is 5.23. The smallest absolute Gasteiger partial charge is 0.0991 e. The molecule has 358 valence electrons. The third kappa shape index (κ3) is 5.64. The lowest BCUT2D eigenvalue weighted by molar-refractivity contribution is 0.999. The van der Waals surface area contributed by atoms with Crippen molar-refractivity contribution in [2.75, 3.05) is 0 Å². The topological polar surface area (TPSA) is 89.1 Å². The van der Waals surface area contributed by atoms with Crippen molar-refractivity contribution in [3.8, 4) is 39.6 Å². The summed E-state index contributed by atoms with van der Waals surface area (Å²) < 4.78 is 12.4. The summed E-state index contributed by atoms with van der Waals surface area (Å²) in [5.74, 6) is 0. The van der Waals surface area contributed by atoms with Gasteiger partial charge in [0.15, 0.2) is 0 Å². The molecule has 17 rings (SSSR count). The van der Waals surface area contributed by atoms with Crippen LogP contribution >= 0.6 is 0 Å². The minimum absolute atomic E-state index is 0.894. The van der Waals surface area contributed by atoms with Crippen molar-refractivity contribution in [1.82, 2.24) is 47.8 Å². The van der Waals surface area contributed by atoms with Crippen molar-refractivity contribution in [3.05, 3.63) is 243 Å². The maximum Gasteiger partial charge on any atom is 0.0991 e. The van der Waals surface area contributed by atoms with Gasteiger partial charge >= 0.3 is 0 Å². The van der Waals surface area contributed by atoms with Gasteiger partial charge in [-0.3, -0.25) is 24.9 Å². The molecule has 10 heterocycles. The van der Waals surface area contributed by atoms with Gasteiger partial charge in [0.1, 0.15) is 0 Å². The number of nitrogens with zero attached hydrogens (tertiary/aromatic N) is 10. The lowest BCUT2D eigenvalue weighted by Gasteiger charge is -2.31. The maximum atomic E-state index is 5.23. The summed E-state index contributed by atoms with van der Waals surface area (Å²) in [5.41, 5.74) is 21.0. The molecule has 0 saturated heterocycles. The first-order valence-corrected chi connectivity index (χ1v) is 25.8. The number of rotatable bonds is 6. The molecule has 10 heteroatoms. The Morgan fingerprint density at radius 2 is 0.416 bits per heavy atom. The molecule has 0 bridgehead atoms. The standard InChI is InChI=1S/C67H40N10/c1-2-19-41(20-3-1)57-63(73-47-26-9-4-21-42(47)58-52(73)31-14-36-68-58)65(75-49-28-11-6-23-44(49)60-54(75)33-16-38-70-60)67(77-51-30-13-8-25-46(51)62-56(77)35-18-40-72-62)66(76-50-29-12-7-24-45(50)61-55(76)34-17-39-71-61)64(57)74-48-27-10-5-22-43(48)59-53(74)32-15-37-69-59/h1-40H. The van der Waals surface area contributed by atoms with Crippen LogP contribution in [0.25, 0.3) is 149 Å². The lowest BCUT2D eigenvalue weighted by Crippen LogP contribution is -2.18. The second kappa shape index (κ2) is 15.9. The van der Waals surface area contributed by atoms with Gasteiger partial charge in [0.2, 0.25) is 0 Å². The Bertz CT molecular complexity index is 4790. The van der Waals surface area contributed by atoms with Crippen LogP contribution in [0.4, 0.5) is 0 Å². The fourth-order valence-corrected chi connectivity index (χ4v) is 12.8. The van der Waals surface area contributed by atoms with Gasteiger partial charge in [0.25, 0.3) is 0 Å². The zero-order chi connectivity index (χ0) is 50.3. The second-order valence-corrected chi connectivity index (χ2v) is 19.6. The summed E-state index contributed by atoms with van der Waals surface area (Å²) in [5, 5.41) is 5.19. The van der Waals surface area contributed by atoms with E-state index in [2.05, 4.69) is 235 Å². The predicted molar refractivity (Wildman–Crippen MR) is 313 cm³/mol. The van der Waals surface area contributed by atoms with Crippen LogP contribution in [0, 0.1) is 0 Å². The summed E-state index contributed by atoms with van der Waals surface area (Å²) in [6.07, 6.45) is 9.53. The lowest BCUT2D eigenvalue weighted by atomic mass is 9.95. The fraction of sp³-hybridized carbons (Fsp3) is 0. The van der Waals surface area contributed by atoms with Gasteiger partial charge in [-0.2, -0.15) is 0 Å². The number of aromatic nitrogens is 10. The van der Waals surface area contributed by atoms with Crippen molar-refractivity contribution < 1.29 is 0 Å². The number of fused-ring (bicyclic) bond motifs is 15. The van der Waals surface area contributed by atoms with Crippen molar-refractivity contribution in [2.45, 2.75) is 0 Å². The Hall–Kier alpha value is -10.7. The summed E-state index contributed by atoms with van der Waals surface area (Å²) in [7, 11) is 0. The van der Waals surface area contributed by atoms with Crippen LogP contribution < -0.4 is 0 Å².